The highest BCUT2D eigenvalue weighted by Gasteiger charge is 2.14. The molecule has 0 fully saturated rings. The standard InChI is InChI=1S/C14H20BrNOS/c1-5-11(9-18-4)16(3)12-6-7-13(10(2)17)14(15)8-12/h6-8,11H,5,9H2,1-4H3. The molecule has 0 amide bonds. The summed E-state index contributed by atoms with van der Waals surface area (Å²) in [4.78, 5) is 13.7. The lowest BCUT2D eigenvalue weighted by Crippen LogP contribution is -2.33. The molecule has 4 heteroatoms. The summed E-state index contributed by atoms with van der Waals surface area (Å²) < 4.78 is 0.873. The summed E-state index contributed by atoms with van der Waals surface area (Å²) in [5.74, 6) is 1.20. The van der Waals surface area contributed by atoms with E-state index in [1.807, 2.05) is 30.0 Å². The Hall–Kier alpha value is -0.480. The average Bonchev–Trinajstić information content (AvgIpc) is 2.34. The number of halogens is 1. The van der Waals surface area contributed by atoms with Crippen molar-refractivity contribution in [2.75, 3.05) is 24.0 Å². The summed E-state index contributed by atoms with van der Waals surface area (Å²) in [7, 11) is 2.11. The highest BCUT2D eigenvalue weighted by Crippen LogP contribution is 2.26. The molecular weight excluding hydrogens is 310 g/mol. The van der Waals surface area contributed by atoms with Crippen molar-refractivity contribution in [2.45, 2.75) is 26.3 Å². The first kappa shape index (κ1) is 15.6. The van der Waals surface area contributed by atoms with Crippen LogP contribution in [0.3, 0.4) is 0 Å². The molecule has 0 radical (unpaired) electrons. The van der Waals surface area contributed by atoms with E-state index in [4.69, 9.17) is 0 Å². The summed E-state index contributed by atoms with van der Waals surface area (Å²) in [5.41, 5.74) is 1.89. The third kappa shape index (κ3) is 3.75. The molecule has 0 aliphatic rings. The fourth-order valence-corrected chi connectivity index (χ4v) is 3.41. The van der Waals surface area contributed by atoms with E-state index in [2.05, 4.69) is 41.1 Å². The molecule has 0 saturated carbocycles. The number of carbonyl (C=O) groups excluding carboxylic acids is 1. The number of Topliss-reactive ketones (excluding diaryl/α,β-unsaturated/α-hetero) is 1. The van der Waals surface area contributed by atoms with Crippen LogP contribution in [0.15, 0.2) is 22.7 Å². The van der Waals surface area contributed by atoms with Gasteiger partial charge in [0.15, 0.2) is 5.78 Å². The van der Waals surface area contributed by atoms with E-state index in [0.717, 1.165) is 27.9 Å². The minimum atomic E-state index is 0.0900. The van der Waals surface area contributed by atoms with Crippen molar-refractivity contribution < 1.29 is 4.79 Å². The lowest BCUT2D eigenvalue weighted by molar-refractivity contribution is 0.101. The Morgan fingerprint density at radius 1 is 1.50 bits per heavy atom. The van der Waals surface area contributed by atoms with Gasteiger partial charge in [-0.3, -0.25) is 4.79 Å². The first-order valence-corrected chi connectivity index (χ1v) is 8.22. The van der Waals surface area contributed by atoms with Gasteiger partial charge in [-0.05, 0) is 53.7 Å². The molecule has 1 aromatic rings. The maximum Gasteiger partial charge on any atom is 0.160 e. The quantitative estimate of drug-likeness (QED) is 0.728. The van der Waals surface area contributed by atoms with E-state index in [1.54, 1.807) is 6.92 Å². The highest BCUT2D eigenvalue weighted by atomic mass is 79.9. The van der Waals surface area contributed by atoms with Crippen LogP contribution in [0.1, 0.15) is 30.6 Å². The van der Waals surface area contributed by atoms with Gasteiger partial charge in [-0.15, -0.1) is 0 Å². The molecule has 0 aliphatic carbocycles. The van der Waals surface area contributed by atoms with Gasteiger partial charge < -0.3 is 4.90 Å². The molecule has 100 valence electrons. The van der Waals surface area contributed by atoms with Gasteiger partial charge >= 0.3 is 0 Å². The molecule has 0 heterocycles. The van der Waals surface area contributed by atoms with Crippen molar-refractivity contribution in [1.82, 2.24) is 0 Å². The highest BCUT2D eigenvalue weighted by molar-refractivity contribution is 9.10. The van der Waals surface area contributed by atoms with Crippen molar-refractivity contribution in [2.24, 2.45) is 0 Å². The second kappa shape index (κ2) is 7.19. The van der Waals surface area contributed by atoms with E-state index in [0.29, 0.717) is 6.04 Å². The topological polar surface area (TPSA) is 20.3 Å². The Morgan fingerprint density at radius 3 is 2.61 bits per heavy atom. The minimum Gasteiger partial charge on any atom is -0.371 e. The molecule has 0 bridgehead atoms. The van der Waals surface area contributed by atoms with Gasteiger partial charge in [0.1, 0.15) is 0 Å². The first-order valence-electron chi connectivity index (χ1n) is 6.03. The van der Waals surface area contributed by atoms with Crippen molar-refractivity contribution in [1.29, 1.82) is 0 Å². The summed E-state index contributed by atoms with van der Waals surface area (Å²) in [5, 5.41) is 0. The summed E-state index contributed by atoms with van der Waals surface area (Å²) in [6, 6.07) is 6.46. The second-order valence-electron chi connectivity index (χ2n) is 4.35. The number of benzene rings is 1. The molecule has 1 rings (SSSR count). The zero-order valence-electron chi connectivity index (χ0n) is 11.4. The van der Waals surface area contributed by atoms with Crippen LogP contribution < -0.4 is 4.90 Å². The van der Waals surface area contributed by atoms with Crippen LogP contribution in [0.2, 0.25) is 0 Å². The molecule has 1 unspecified atom stereocenters. The lowest BCUT2D eigenvalue weighted by atomic mass is 10.1. The molecule has 0 N–H and O–H groups in total. The number of nitrogens with zero attached hydrogens (tertiary/aromatic N) is 1. The van der Waals surface area contributed by atoms with Crippen molar-refractivity contribution in [3.63, 3.8) is 0 Å². The van der Waals surface area contributed by atoms with Crippen LogP contribution in [0.5, 0.6) is 0 Å². The maximum atomic E-state index is 11.4. The van der Waals surface area contributed by atoms with Crippen LogP contribution in [-0.2, 0) is 0 Å². The monoisotopic (exact) mass is 329 g/mol. The number of thioether (sulfide) groups is 1. The Labute approximate surface area is 122 Å². The molecule has 1 atom stereocenters. The molecule has 0 aromatic heterocycles. The zero-order valence-corrected chi connectivity index (χ0v) is 13.8. The fourth-order valence-electron chi connectivity index (χ4n) is 1.92. The van der Waals surface area contributed by atoms with Crippen molar-refractivity contribution in [3.05, 3.63) is 28.2 Å². The van der Waals surface area contributed by atoms with E-state index in [-0.39, 0.29) is 5.78 Å². The maximum absolute atomic E-state index is 11.4. The van der Waals surface area contributed by atoms with Crippen molar-refractivity contribution >= 4 is 39.2 Å². The number of rotatable bonds is 6. The Balaban J connectivity index is 2.96. The molecule has 18 heavy (non-hydrogen) atoms. The number of anilines is 1. The van der Waals surface area contributed by atoms with Gasteiger partial charge in [-0.25, -0.2) is 0 Å². The van der Waals surface area contributed by atoms with E-state index >= 15 is 0 Å². The molecule has 0 saturated heterocycles. The largest absolute Gasteiger partial charge is 0.371 e. The third-order valence-corrected chi connectivity index (χ3v) is 4.49. The lowest BCUT2D eigenvalue weighted by Gasteiger charge is -2.29. The molecule has 0 aliphatic heterocycles. The van der Waals surface area contributed by atoms with Crippen LogP contribution >= 0.6 is 27.7 Å². The third-order valence-electron chi connectivity index (χ3n) is 3.12. The van der Waals surface area contributed by atoms with E-state index in [9.17, 15) is 4.79 Å². The Kier molecular flexibility index (Phi) is 6.22. The Bertz CT molecular complexity index is 422. The Morgan fingerprint density at radius 2 is 2.17 bits per heavy atom. The molecule has 0 spiro atoms. The normalized spacial score (nSPS) is 12.3. The zero-order chi connectivity index (χ0) is 13.7. The van der Waals surface area contributed by atoms with Gasteiger partial charge in [0.2, 0.25) is 0 Å². The summed E-state index contributed by atoms with van der Waals surface area (Å²) in [6.07, 6.45) is 3.24. The number of ketones is 1. The fraction of sp³-hybridized carbons (Fsp3) is 0.500. The number of carbonyl (C=O) groups is 1. The SMILES string of the molecule is CCC(CSC)N(C)c1ccc(C(C)=O)c(Br)c1. The summed E-state index contributed by atoms with van der Waals surface area (Å²) in [6.45, 7) is 3.79. The second-order valence-corrected chi connectivity index (χ2v) is 6.11. The molecular formula is C14H20BrNOS. The average molecular weight is 330 g/mol. The molecule has 2 nitrogen and oxygen atoms in total. The van der Waals surface area contributed by atoms with Gasteiger partial charge in [-0.2, -0.15) is 11.8 Å². The van der Waals surface area contributed by atoms with Crippen LogP contribution in [0.25, 0.3) is 0 Å². The summed E-state index contributed by atoms with van der Waals surface area (Å²) >= 11 is 5.34. The van der Waals surface area contributed by atoms with Gasteiger partial charge in [0.05, 0.1) is 0 Å². The predicted octanol–water partition coefficient (Wildman–Crippen LogP) is 4.23. The van der Waals surface area contributed by atoms with Crippen molar-refractivity contribution in [3.8, 4) is 0 Å². The first-order chi connectivity index (χ1) is 8.51. The molecule has 1 aromatic carbocycles. The van der Waals surface area contributed by atoms with Crippen LogP contribution in [-0.4, -0.2) is 30.9 Å². The number of hydrogen-bond acceptors (Lipinski definition) is 3. The van der Waals surface area contributed by atoms with Gasteiger partial charge in [0, 0.05) is 34.6 Å². The predicted molar refractivity (Wildman–Crippen MR) is 85.0 cm³/mol. The minimum absolute atomic E-state index is 0.0900. The smallest absolute Gasteiger partial charge is 0.160 e. The van der Waals surface area contributed by atoms with Crippen LogP contribution in [0.4, 0.5) is 5.69 Å². The number of hydrogen-bond donors (Lipinski definition) is 0. The van der Waals surface area contributed by atoms with Crippen LogP contribution in [0, 0.1) is 0 Å². The van der Waals surface area contributed by atoms with E-state index < -0.39 is 0 Å². The van der Waals surface area contributed by atoms with Gasteiger partial charge in [0.25, 0.3) is 0 Å². The van der Waals surface area contributed by atoms with Gasteiger partial charge in [-0.1, -0.05) is 6.92 Å². The van der Waals surface area contributed by atoms with E-state index in [1.165, 1.54) is 0 Å².